The number of rotatable bonds is 5. The molecule has 0 bridgehead atoms. The summed E-state index contributed by atoms with van der Waals surface area (Å²) >= 11 is 0. The van der Waals surface area contributed by atoms with Gasteiger partial charge in [-0.2, -0.15) is 0 Å². The van der Waals surface area contributed by atoms with Crippen LogP contribution in [0.4, 0.5) is 5.82 Å². The lowest BCUT2D eigenvalue weighted by Crippen LogP contribution is -2.37. The second kappa shape index (κ2) is 7.43. The predicted molar refractivity (Wildman–Crippen MR) is 79.3 cm³/mol. The smallest absolute Gasteiger partial charge is 0.132 e. The molecule has 1 saturated carbocycles. The molecule has 4 nitrogen and oxygen atoms in total. The van der Waals surface area contributed by atoms with Crippen molar-refractivity contribution in [1.82, 2.24) is 9.97 Å². The third-order valence-electron chi connectivity index (χ3n) is 3.95. The van der Waals surface area contributed by atoms with Crippen molar-refractivity contribution >= 4 is 5.82 Å². The van der Waals surface area contributed by atoms with Crippen molar-refractivity contribution < 1.29 is 0 Å². The van der Waals surface area contributed by atoms with Gasteiger partial charge in [-0.25, -0.2) is 9.97 Å². The number of hydrogen-bond acceptors (Lipinski definition) is 4. The third kappa shape index (κ3) is 4.16. The molecular formula is C15H26N4. The highest BCUT2D eigenvalue weighted by Crippen LogP contribution is 2.25. The molecule has 1 aliphatic carbocycles. The summed E-state index contributed by atoms with van der Waals surface area (Å²) in [4.78, 5) is 11.1. The van der Waals surface area contributed by atoms with Crippen molar-refractivity contribution in [3.05, 3.63) is 18.1 Å². The molecule has 1 fully saturated rings. The van der Waals surface area contributed by atoms with Gasteiger partial charge in [0.05, 0.1) is 0 Å². The maximum absolute atomic E-state index is 5.69. The Morgan fingerprint density at radius 1 is 1.21 bits per heavy atom. The van der Waals surface area contributed by atoms with E-state index in [2.05, 4.69) is 20.9 Å². The molecular weight excluding hydrogens is 236 g/mol. The highest BCUT2D eigenvalue weighted by atomic mass is 15.2. The quantitative estimate of drug-likeness (QED) is 0.829. The Labute approximate surface area is 116 Å². The molecule has 1 aromatic heterocycles. The van der Waals surface area contributed by atoms with Crippen molar-refractivity contribution in [3.63, 3.8) is 0 Å². The molecule has 1 aromatic rings. The SMILES string of the molecule is Cc1cc(N(CCCN)C2CCCCCC2)ncn1. The fourth-order valence-corrected chi connectivity index (χ4v) is 2.91. The largest absolute Gasteiger partial charge is 0.353 e. The number of aryl methyl sites for hydroxylation is 1. The van der Waals surface area contributed by atoms with Crippen LogP contribution >= 0.6 is 0 Å². The Kier molecular flexibility index (Phi) is 5.58. The summed E-state index contributed by atoms with van der Waals surface area (Å²) in [7, 11) is 0. The Hall–Kier alpha value is -1.16. The molecule has 0 radical (unpaired) electrons. The van der Waals surface area contributed by atoms with Crippen LogP contribution in [0.25, 0.3) is 0 Å². The van der Waals surface area contributed by atoms with Crippen LogP contribution in [0, 0.1) is 6.92 Å². The van der Waals surface area contributed by atoms with Gasteiger partial charge in [-0.3, -0.25) is 0 Å². The zero-order chi connectivity index (χ0) is 13.5. The Bertz CT molecular complexity index is 372. The van der Waals surface area contributed by atoms with Gasteiger partial charge in [0.1, 0.15) is 12.1 Å². The predicted octanol–water partition coefficient (Wildman–Crippen LogP) is 2.66. The van der Waals surface area contributed by atoms with E-state index in [0.29, 0.717) is 6.04 Å². The highest BCUT2D eigenvalue weighted by Gasteiger charge is 2.21. The topological polar surface area (TPSA) is 55.0 Å². The van der Waals surface area contributed by atoms with E-state index in [1.54, 1.807) is 6.33 Å². The molecule has 1 aliphatic rings. The lowest BCUT2D eigenvalue weighted by molar-refractivity contribution is 0.514. The zero-order valence-electron chi connectivity index (χ0n) is 12.0. The summed E-state index contributed by atoms with van der Waals surface area (Å²) in [5, 5.41) is 0. The van der Waals surface area contributed by atoms with Crippen LogP contribution in [0.15, 0.2) is 12.4 Å². The van der Waals surface area contributed by atoms with Gasteiger partial charge in [-0.05, 0) is 32.7 Å². The Morgan fingerprint density at radius 3 is 2.58 bits per heavy atom. The molecule has 2 rings (SSSR count). The van der Waals surface area contributed by atoms with Gasteiger partial charge in [0, 0.05) is 24.3 Å². The van der Waals surface area contributed by atoms with E-state index in [1.807, 2.05) is 6.92 Å². The summed E-state index contributed by atoms with van der Waals surface area (Å²) in [5.41, 5.74) is 6.72. The molecule has 0 saturated heterocycles. The van der Waals surface area contributed by atoms with Crippen molar-refractivity contribution in [3.8, 4) is 0 Å². The van der Waals surface area contributed by atoms with Crippen LogP contribution < -0.4 is 10.6 Å². The van der Waals surface area contributed by atoms with E-state index in [-0.39, 0.29) is 0 Å². The van der Waals surface area contributed by atoms with Crippen LogP contribution in [0.5, 0.6) is 0 Å². The first-order valence-corrected chi connectivity index (χ1v) is 7.56. The van der Waals surface area contributed by atoms with Gasteiger partial charge in [0.25, 0.3) is 0 Å². The average Bonchev–Trinajstić information content (AvgIpc) is 2.68. The summed E-state index contributed by atoms with van der Waals surface area (Å²) in [5.74, 6) is 1.08. The van der Waals surface area contributed by atoms with E-state index in [4.69, 9.17) is 5.73 Å². The van der Waals surface area contributed by atoms with Gasteiger partial charge in [0.2, 0.25) is 0 Å². The number of hydrogen-bond donors (Lipinski definition) is 1. The van der Waals surface area contributed by atoms with Gasteiger partial charge >= 0.3 is 0 Å². The van der Waals surface area contributed by atoms with Crippen LogP contribution in [0.2, 0.25) is 0 Å². The minimum Gasteiger partial charge on any atom is -0.353 e. The van der Waals surface area contributed by atoms with Crippen LogP contribution in [0.1, 0.15) is 50.6 Å². The van der Waals surface area contributed by atoms with Crippen molar-refractivity contribution in [1.29, 1.82) is 0 Å². The molecule has 19 heavy (non-hydrogen) atoms. The summed E-state index contributed by atoms with van der Waals surface area (Å²) in [6.07, 6.45) is 10.7. The van der Waals surface area contributed by atoms with E-state index in [1.165, 1.54) is 38.5 Å². The Balaban J connectivity index is 2.13. The van der Waals surface area contributed by atoms with Crippen molar-refractivity contribution in [2.24, 2.45) is 5.73 Å². The molecule has 0 aliphatic heterocycles. The molecule has 106 valence electrons. The average molecular weight is 262 g/mol. The van der Waals surface area contributed by atoms with Gasteiger partial charge in [0.15, 0.2) is 0 Å². The second-order valence-corrected chi connectivity index (χ2v) is 5.50. The molecule has 0 atom stereocenters. The van der Waals surface area contributed by atoms with E-state index in [9.17, 15) is 0 Å². The number of nitrogens with zero attached hydrogens (tertiary/aromatic N) is 3. The first-order valence-electron chi connectivity index (χ1n) is 7.56. The lowest BCUT2D eigenvalue weighted by atomic mass is 10.1. The minimum absolute atomic E-state index is 0.628. The van der Waals surface area contributed by atoms with E-state index >= 15 is 0 Å². The third-order valence-corrected chi connectivity index (χ3v) is 3.95. The van der Waals surface area contributed by atoms with Crippen molar-refractivity contribution in [2.75, 3.05) is 18.0 Å². The first kappa shape index (κ1) is 14.3. The van der Waals surface area contributed by atoms with E-state index < -0.39 is 0 Å². The van der Waals surface area contributed by atoms with Crippen LogP contribution in [0.3, 0.4) is 0 Å². The summed E-state index contributed by atoms with van der Waals surface area (Å²) in [6.45, 7) is 3.78. The van der Waals surface area contributed by atoms with Crippen LogP contribution in [-0.2, 0) is 0 Å². The second-order valence-electron chi connectivity index (χ2n) is 5.50. The van der Waals surface area contributed by atoms with Crippen LogP contribution in [-0.4, -0.2) is 29.1 Å². The maximum atomic E-state index is 5.69. The van der Waals surface area contributed by atoms with E-state index in [0.717, 1.165) is 31.0 Å². The Morgan fingerprint density at radius 2 is 1.95 bits per heavy atom. The number of nitrogens with two attached hydrogens (primary N) is 1. The van der Waals surface area contributed by atoms with Gasteiger partial charge in [-0.1, -0.05) is 25.7 Å². The standard InChI is InChI=1S/C15H26N4/c1-13-11-15(18-12-17-13)19(10-6-9-16)14-7-4-2-3-5-8-14/h11-12,14H,2-10,16H2,1H3. The van der Waals surface area contributed by atoms with Gasteiger partial charge < -0.3 is 10.6 Å². The first-order chi connectivity index (χ1) is 9.31. The monoisotopic (exact) mass is 262 g/mol. The summed E-state index contributed by atoms with van der Waals surface area (Å²) < 4.78 is 0. The maximum Gasteiger partial charge on any atom is 0.132 e. The molecule has 0 unspecified atom stereocenters. The molecule has 0 spiro atoms. The molecule has 2 N–H and O–H groups in total. The fourth-order valence-electron chi connectivity index (χ4n) is 2.91. The van der Waals surface area contributed by atoms with Crippen molar-refractivity contribution in [2.45, 2.75) is 57.9 Å². The number of anilines is 1. The molecule has 0 aromatic carbocycles. The fraction of sp³-hybridized carbons (Fsp3) is 0.733. The lowest BCUT2D eigenvalue weighted by Gasteiger charge is -2.32. The highest BCUT2D eigenvalue weighted by molar-refractivity contribution is 5.40. The van der Waals surface area contributed by atoms with Gasteiger partial charge in [-0.15, -0.1) is 0 Å². The molecule has 1 heterocycles. The molecule has 0 amide bonds. The minimum atomic E-state index is 0.628. The normalized spacial score (nSPS) is 17.2. The molecule has 4 heteroatoms. The summed E-state index contributed by atoms with van der Waals surface area (Å²) in [6, 6.07) is 2.73. The number of aromatic nitrogens is 2. The zero-order valence-corrected chi connectivity index (χ0v) is 12.0.